The summed E-state index contributed by atoms with van der Waals surface area (Å²) in [5.41, 5.74) is 0.778. The van der Waals surface area contributed by atoms with Crippen LogP contribution in [0.2, 0.25) is 0 Å². The Balaban J connectivity index is 3.26. The van der Waals surface area contributed by atoms with Crippen LogP contribution in [0.3, 0.4) is 0 Å². The van der Waals surface area contributed by atoms with Gasteiger partial charge in [0.15, 0.2) is 6.10 Å². The van der Waals surface area contributed by atoms with Crippen LogP contribution < -0.4 is 0 Å². The fourth-order valence-corrected chi connectivity index (χ4v) is 1.52. The molecule has 0 aliphatic heterocycles. The zero-order valence-electron chi connectivity index (χ0n) is 11.5. The molecule has 0 saturated carbocycles. The van der Waals surface area contributed by atoms with Crippen molar-refractivity contribution in [2.24, 2.45) is 0 Å². The van der Waals surface area contributed by atoms with Gasteiger partial charge in [-0.3, -0.25) is 4.79 Å². The Labute approximate surface area is 118 Å². The Hall–Kier alpha value is -2.72. The average Bonchev–Trinajstić information content (AvgIpc) is 2.45. The molecule has 4 nitrogen and oxygen atoms in total. The number of hydrogen-bond acceptors (Lipinski definition) is 4. The lowest BCUT2D eigenvalue weighted by Crippen LogP contribution is -2.12. The van der Waals surface area contributed by atoms with Gasteiger partial charge in [0.1, 0.15) is 0 Å². The van der Waals surface area contributed by atoms with Crippen LogP contribution in [0.4, 0.5) is 0 Å². The van der Waals surface area contributed by atoms with Crippen LogP contribution in [0.25, 0.3) is 0 Å². The fraction of sp³-hybridized carbons (Fsp3) is 0.250. The second-order valence-corrected chi connectivity index (χ2v) is 3.71. The van der Waals surface area contributed by atoms with Crippen LogP contribution in [0, 0.1) is 23.7 Å². The van der Waals surface area contributed by atoms with Gasteiger partial charge < -0.3 is 9.47 Å². The first kappa shape index (κ1) is 15.3. The lowest BCUT2D eigenvalue weighted by molar-refractivity contribution is -0.144. The third kappa shape index (κ3) is 4.19. The minimum Gasteiger partial charge on any atom is -0.465 e. The van der Waals surface area contributed by atoms with Gasteiger partial charge in [0.2, 0.25) is 0 Å². The number of ether oxygens (including phenoxy) is 2. The maximum absolute atomic E-state index is 11.7. The van der Waals surface area contributed by atoms with Gasteiger partial charge in [-0.15, -0.1) is 0 Å². The molecule has 1 aromatic rings. The quantitative estimate of drug-likeness (QED) is 0.623. The summed E-state index contributed by atoms with van der Waals surface area (Å²) in [6, 6.07) is 6.67. The molecule has 102 valence electrons. The smallest absolute Gasteiger partial charge is 0.338 e. The van der Waals surface area contributed by atoms with E-state index in [0.29, 0.717) is 11.1 Å². The molecule has 0 N–H and O–H groups in total. The summed E-state index contributed by atoms with van der Waals surface area (Å²) in [6.07, 6.45) is -0.858. The molecule has 1 atom stereocenters. The molecule has 1 aromatic carbocycles. The maximum Gasteiger partial charge on any atom is 0.338 e. The minimum absolute atomic E-state index is 0.306. The summed E-state index contributed by atoms with van der Waals surface area (Å²) in [5.74, 6) is 9.48. The molecular weight excluding hydrogens is 256 g/mol. The summed E-state index contributed by atoms with van der Waals surface area (Å²) in [4.78, 5) is 22.9. The molecule has 1 rings (SSSR count). The minimum atomic E-state index is -0.858. The first-order valence-corrected chi connectivity index (χ1v) is 5.87. The van der Waals surface area contributed by atoms with Gasteiger partial charge in [-0.1, -0.05) is 24.1 Å². The van der Waals surface area contributed by atoms with E-state index in [4.69, 9.17) is 9.47 Å². The highest BCUT2D eigenvalue weighted by atomic mass is 16.5. The Bertz CT molecular complexity index is 623. The van der Waals surface area contributed by atoms with E-state index in [1.165, 1.54) is 14.0 Å². The number of hydrogen-bond donors (Lipinski definition) is 0. The predicted molar refractivity (Wildman–Crippen MR) is 73.5 cm³/mol. The van der Waals surface area contributed by atoms with Gasteiger partial charge in [0, 0.05) is 12.5 Å². The Kier molecular flexibility index (Phi) is 5.87. The highest BCUT2D eigenvalue weighted by Gasteiger charge is 2.20. The summed E-state index contributed by atoms with van der Waals surface area (Å²) in [5, 5.41) is 0. The van der Waals surface area contributed by atoms with Gasteiger partial charge in [-0.05, 0) is 30.8 Å². The van der Waals surface area contributed by atoms with E-state index in [0.717, 1.165) is 0 Å². The van der Waals surface area contributed by atoms with Crippen molar-refractivity contribution in [2.75, 3.05) is 7.11 Å². The monoisotopic (exact) mass is 270 g/mol. The molecule has 0 radical (unpaired) electrons. The second kappa shape index (κ2) is 7.66. The lowest BCUT2D eigenvalue weighted by Gasteiger charge is -2.14. The van der Waals surface area contributed by atoms with E-state index >= 15 is 0 Å². The summed E-state index contributed by atoms with van der Waals surface area (Å²) in [6.45, 7) is 2.93. The highest BCUT2D eigenvalue weighted by Crippen LogP contribution is 2.22. The van der Waals surface area contributed by atoms with Crippen LogP contribution in [0.5, 0.6) is 0 Å². The van der Waals surface area contributed by atoms with Crippen molar-refractivity contribution in [3.63, 3.8) is 0 Å². The maximum atomic E-state index is 11.7. The highest BCUT2D eigenvalue weighted by molar-refractivity contribution is 5.91. The van der Waals surface area contributed by atoms with E-state index in [1.807, 2.05) is 0 Å². The fourth-order valence-electron chi connectivity index (χ4n) is 1.52. The van der Waals surface area contributed by atoms with Crippen molar-refractivity contribution >= 4 is 11.9 Å². The van der Waals surface area contributed by atoms with E-state index in [1.54, 1.807) is 31.2 Å². The van der Waals surface area contributed by atoms with E-state index in [9.17, 15) is 9.59 Å². The van der Waals surface area contributed by atoms with Crippen molar-refractivity contribution in [1.82, 2.24) is 0 Å². The summed E-state index contributed by atoms with van der Waals surface area (Å²) >= 11 is 0. The standard InChI is InChI=1S/C16H14O4/c1-4-5-6-11-15(20-12(2)17)13-9-7-8-10-14(13)16(18)19-3/h7-10,15H,1-3H3. The number of methoxy groups -OCH3 is 1. The number of carbonyl (C=O) groups is 2. The lowest BCUT2D eigenvalue weighted by atomic mass is 10.0. The third-order valence-corrected chi connectivity index (χ3v) is 2.32. The molecule has 0 bridgehead atoms. The molecule has 0 aliphatic carbocycles. The summed E-state index contributed by atoms with van der Waals surface area (Å²) < 4.78 is 9.83. The van der Waals surface area contributed by atoms with E-state index in [2.05, 4.69) is 23.7 Å². The van der Waals surface area contributed by atoms with Crippen molar-refractivity contribution < 1.29 is 19.1 Å². The van der Waals surface area contributed by atoms with Crippen molar-refractivity contribution in [2.45, 2.75) is 20.0 Å². The Morgan fingerprint density at radius 1 is 1.20 bits per heavy atom. The molecule has 0 aromatic heterocycles. The summed E-state index contributed by atoms with van der Waals surface area (Å²) in [7, 11) is 1.29. The van der Waals surface area contributed by atoms with Gasteiger partial charge >= 0.3 is 11.9 Å². The van der Waals surface area contributed by atoms with Crippen LogP contribution in [0.15, 0.2) is 24.3 Å². The van der Waals surface area contributed by atoms with Crippen LogP contribution in [-0.2, 0) is 14.3 Å². The molecule has 0 spiro atoms. The van der Waals surface area contributed by atoms with Gasteiger partial charge in [0.05, 0.1) is 12.7 Å². The van der Waals surface area contributed by atoms with Crippen molar-refractivity contribution in [3.05, 3.63) is 35.4 Å². The number of esters is 2. The van der Waals surface area contributed by atoms with Crippen LogP contribution >= 0.6 is 0 Å². The first-order chi connectivity index (χ1) is 9.60. The number of benzene rings is 1. The third-order valence-electron chi connectivity index (χ3n) is 2.32. The molecule has 0 saturated heterocycles. The van der Waals surface area contributed by atoms with Crippen molar-refractivity contribution in [3.8, 4) is 23.7 Å². The molecule has 0 aliphatic rings. The zero-order chi connectivity index (χ0) is 15.0. The topological polar surface area (TPSA) is 52.6 Å². The molecule has 0 heterocycles. The molecule has 1 unspecified atom stereocenters. The second-order valence-electron chi connectivity index (χ2n) is 3.71. The Morgan fingerprint density at radius 2 is 1.90 bits per heavy atom. The molecule has 0 fully saturated rings. The van der Waals surface area contributed by atoms with E-state index in [-0.39, 0.29) is 0 Å². The van der Waals surface area contributed by atoms with E-state index < -0.39 is 18.0 Å². The van der Waals surface area contributed by atoms with Gasteiger partial charge in [-0.2, -0.15) is 0 Å². The van der Waals surface area contributed by atoms with Gasteiger partial charge in [0.25, 0.3) is 0 Å². The SMILES string of the molecule is CC#CC#CC(OC(C)=O)c1ccccc1C(=O)OC. The molecule has 0 amide bonds. The molecule has 20 heavy (non-hydrogen) atoms. The number of rotatable bonds is 3. The number of carbonyl (C=O) groups excluding carboxylic acids is 2. The van der Waals surface area contributed by atoms with Crippen molar-refractivity contribution in [1.29, 1.82) is 0 Å². The zero-order valence-corrected chi connectivity index (χ0v) is 11.5. The van der Waals surface area contributed by atoms with Crippen LogP contribution in [0.1, 0.15) is 35.9 Å². The first-order valence-electron chi connectivity index (χ1n) is 5.87. The largest absolute Gasteiger partial charge is 0.465 e. The van der Waals surface area contributed by atoms with Crippen LogP contribution in [-0.4, -0.2) is 19.0 Å². The normalized spacial score (nSPS) is 10.2. The average molecular weight is 270 g/mol. The Morgan fingerprint density at radius 3 is 2.50 bits per heavy atom. The molecule has 4 heteroatoms. The molecular formula is C16H14O4. The van der Waals surface area contributed by atoms with Gasteiger partial charge in [-0.25, -0.2) is 4.79 Å². The predicted octanol–water partition coefficient (Wildman–Crippen LogP) is 2.10.